The first-order valence-corrected chi connectivity index (χ1v) is 6.67. The lowest BCUT2D eigenvalue weighted by Gasteiger charge is -2.37. The van der Waals surface area contributed by atoms with Crippen LogP contribution in [0.5, 0.6) is 0 Å². The van der Waals surface area contributed by atoms with Crippen LogP contribution in [0.4, 0.5) is 5.95 Å². The summed E-state index contributed by atoms with van der Waals surface area (Å²) in [4.78, 5) is 17.7. The molecule has 0 aromatic carbocycles. The molecule has 5 nitrogen and oxygen atoms in total. The van der Waals surface area contributed by atoms with Gasteiger partial charge in [-0.25, -0.2) is 9.78 Å². The van der Waals surface area contributed by atoms with Crippen molar-refractivity contribution in [3.8, 4) is 0 Å². The number of imidazole rings is 1. The molecule has 0 saturated carbocycles. The van der Waals surface area contributed by atoms with Gasteiger partial charge in [0.05, 0.1) is 0 Å². The number of hydrogen-bond acceptors (Lipinski definition) is 3. The van der Waals surface area contributed by atoms with E-state index >= 15 is 0 Å². The summed E-state index contributed by atoms with van der Waals surface area (Å²) < 4.78 is 2.00. The van der Waals surface area contributed by atoms with Gasteiger partial charge in [-0.3, -0.25) is 0 Å². The average molecular weight is 251 g/mol. The summed E-state index contributed by atoms with van der Waals surface area (Å²) in [5, 5.41) is 9.41. The van der Waals surface area contributed by atoms with Gasteiger partial charge in [-0.2, -0.15) is 0 Å². The lowest BCUT2D eigenvalue weighted by atomic mass is 9.89. The Labute approximate surface area is 107 Å². The van der Waals surface area contributed by atoms with E-state index in [0.717, 1.165) is 38.3 Å². The Morgan fingerprint density at radius 3 is 2.94 bits per heavy atom. The molecule has 1 aromatic heterocycles. The summed E-state index contributed by atoms with van der Waals surface area (Å²) in [6.45, 7) is 5.77. The van der Waals surface area contributed by atoms with Gasteiger partial charge < -0.3 is 14.6 Å². The first kappa shape index (κ1) is 12.9. The maximum absolute atomic E-state index is 11.4. The molecule has 100 valence electrons. The predicted octanol–water partition coefficient (Wildman–Crippen LogP) is 1.98. The molecule has 2 heterocycles. The van der Waals surface area contributed by atoms with Crippen LogP contribution in [0.3, 0.4) is 0 Å². The molecule has 2 rings (SSSR count). The zero-order valence-electron chi connectivity index (χ0n) is 11.0. The number of nitrogens with zero attached hydrogens (tertiary/aromatic N) is 3. The van der Waals surface area contributed by atoms with Crippen molar-refractivity contribution < 1.29 is 9.90 Å². The topological polar surface area (TPSA) is 58.4 Å². The van der Waals surface area contributed by atoms with Crippen molar-refractivity contribution >= 4 is 11.9 Å². The van der Waals surface area contributed by atoms with Gasteiger partial charge >= 0.3 is 5.97 Å². The fourth-order valence-electron chi connectivity index (χ4n) is 2.69. The molecule has 18 heavy (non-hydrogen) atoms. The van der Waals surface area contributed by atoms with Crippen LogP contribution in [0.2, 0.25) is 0 Å². The number of carboxylic acid groups (broad SMARTS) is 1. The highest BCUT2D eigenvalue weighted by Gasteiger charge is 2.34. The lowest BCUT2D eigenvalue weighted by Crippen LogP contribution is -2.48. The Balaban J connectivity index is 2.23. The molecule has 1 N–H and O–H groups in total. The molecule has 1 fully saturated rings. The number of carbonyl (C=O) groups is 1. The maximum Gasteiger partial charge on any atom is 0.326 e. The monoisotopic (exact) mass is 251 g/mol. The quantitative estimate of drug-likeness (QED) is 0.889. The van der Waals surface area contributed by atoms with Crippen LogP contribution < -0.4 is 4.90 Å². The van der Waals surface area contributed by atoms with E-state index < -0.39 is 12.0 Å². The van der Waals surface area contributed by atoms with Gasteiger partial charge in [0.2, 0.25) is 5.95 Å². The summed E-state index contributed by atoms with van der Waals surface area (Å²) in [6.07, 6.45) is 6.48. The molecule has 0 bridgehead atoms. The Kier molecular flexibility index (Phi) is 3.89. The third kappa shape index (κ3) is 2.35. The molecular weight excluding hydrogens is 230 g/mol. The second-order valence-electron chi connectivity index (χ2n) is 4.86. The van der Waals surface area contributed by atoms with Crippen molar-refractivity contribution in [2.75, 3.05) is 11.4 Å². The van der Waals surface area contributed by atoms with Gasteiger partial charge in [0.1, 0.15) is 6.04 Å². The third-order valence-electron chi connectivity index (χ3n) is 3.86. The number of carboxylic acids is 1. The van der Waals surface area contributed by atoms with Crippen LogP contribution in [-0.2, 0) is 11.3 Å². The molecular formula is C13H21N3O2. The standard InChI is InChI=1S/C13H21N3O2/c1-3-10-5-7-16(11(9-10)12(17)18)13-14-6-8-15(13)4-2/h6,8,10-11H,3-5,7,9H2,1-2H3,(H,17,18). The highest BCUT2D eigenvalue weighted by molar-refractivity contribution is 5.77. The van der Waals surface area contributed by atoms with E-state index in [9.17, 15) is 9.90 Å². The molecule has 0 radical (unpaired) electrons. The molecule has 0 spiro atoms. The Bertz CT molecular complexity index is 416. The number of hydrogen-bond donors (Lipinski definition) is 1. The van der Waals surface area contributed by atoms with Crippen molar-refractivity contribution in [1.29, 1.82) is 0 Å². The van der Waals surface area contributed by atoms with Gasteiger partial charge in [-0.15, -0.1) is 0 Å². The minimum atomic E-state index is -0.737. The van der Waals surface area contributed by atoms with Crippen LogP contribution >= 0.6 is 0 Å². The van der Waals surface area contributed by atoms with Crippen LogP contribution in [0.1, 0.15) is 33.1 Å². The third-order valence-corrected chi connectivity index (χ3v) is 3.86. The van der Waals surface area contributed by atoms with Crippen LogP contribution in [0.15, 0.2) is 12.4 Å². The fraction of sp³-hybridized carbons (Fsp3) is 0.692. The minimum absolute atomic E-state index is 0.434. The number of aryl methyl sites for hydroxylation is 1. The highest BCUT2D eigenvalue weighted by Crippen LogP contribution is 2.29. The van der Waals surface area contributed by atoms with Gasteiger partial charge in [0.15, 0.2) is 0 Å². The summed E-state index contributed by atoms with van der Waals surface area (Å²) in [7, 11) is 0. The fourth-order valence-corrected chi connectivity index (χ4v) is 2.69. The Morgan fingerprint density at radius 1 is 1.56 bits per heavy atom. The van der Waals surface area contributed by atoms with Crippen molar-refractivity contribution in [2.24, 2.45) is 5.92 Å². The molecule has 1 aliphatic heterocycles. The van der Waals surface area contributed by atoms with Crippen molar-refractivity contribution in [3.05, 3.63) is 12.4 Å². The first-order chi connectivity index (χ1) is 8.67. The highest BCUT2D eigenvalue weighted by atomic mass is 16.4. The van der Waals surface area contributed by atoms with Gasteiger partial charge in [-0.05, 0) is 25.7 Å². The number of rotatable bonds is 4. The molecule has 0 amide bonds. The maximum atomic E-state index is 11.4. The number of anilines is 1. The Morgan fingerprint density at radius 2 is 2.33 bits per heavy atom. The Hall–Kier alpha value is -1.52. The van der Waals surface area contributed by atoms with E-state index in [4.69, 9.17) is 0 Å². The van der Waals surface area contributed by atoms with Crippen molar-refractivity contribution in [1.82, 2.24) is 9.55 Å². The predicted molar refractivity (Wildman–Crippen MR) is 69.7 cm³/mol. The second-order valence-corrected chi connectivity index (χ2v) is 4.86. The molecule has 1 saturated heterocycles. The number of aromatic nitrogens is 2. The number of piperidine rings is 1. The summed E-state index contributed by atoms with van der Waals surface area (Å²) in [5.41, 5.74) is 0. The van der Waals surface area contributed by atoms with E-state index in [1.165, 1.54) is 0 Å². The van der Waals surface area contributed by atoms with Crippen molar-refractivity contribution in [3.63, 3.8) is 0 Å². The second kappa shape index (κ2) is 5.42. The van der Waals surface area contributed by atoms with Gasteiger partial charge in [-0.1, -0.05) is 13.3 Å². The molecule has 2 atom stereocenters. The van der Waals surface area contributed by atoms with Crippen molar-refractivity contribution in [2.45, 2.75) is 45.7 Å². The van der Waals surface area contributed by atoms with Crippen LogP contribution in [0, 0.1) is 5.92 Å². The largest absolute Gasteiger partial charge is 0.480 e. The average Bonchev–Trinajstić information content (AvgIpc) is 2.86. The molecule has 1 aliphatic rings. The van der Waals surface area contributed by atoms with E-state index in [2.05, 4.69) is 11.9 Å². The molecule has 0 aliphatic carbocycles. The van der Waals surface area contributed by atoms with E-state index in [0.29, 0.717) is 5.92 Å². The van der Waals surface area contributed by atoms with Gasteiger partial charge in [0.25, 0.3) is 0 Å². The normalized spacial score (nSPS) is 24.2. The first-order valence-electron chi connectivity index (χ1n) is 6.67. The molecule has 2 unspecified atom stereocenters. The summed E-state index contributed by atoms with van der Waals surface area (Å²) >= 11 is 0. The van der Waals surface area contributed by atoms with Gasteiger partial charge in [0, 0.05) is 25.5 Å². The molecule has 5 heteroatoms. The van der Waals surface area contributed by atoms with E-state index in [-0.39, 0.29) is 0 Å². The SMILES string of the molecule is CCC1CCN(c2nccn2CC)C(C(=O)O)C1. The van der Waals surface area contributed by atoms with Crippen LogP contribution in [0.25, 0.3) is 0 Å². The van der Waals surface area contributed by atoms with E-state index in [1.807, 2.05) is 22.6 Å². The van der Waals surface area contributed by atoms with Crippen LogP contribution in [-0.4, -0.2) is 33.2 Å². The summed E-state index contributed by atoms with van der Waals surface area (Å²) in [5.74, 6) is 0.575. The summed E-state index contributed by atoms with van der Waals surface area (Å²) in [6, 6.07) is -0.434. The zero-order chi connectivity index (χ0) is 13.1. The smallest absolute Gasteiger partial charge is 0.326 e. The van der Waals surface area contributed by atoms with E-state index in [1.54, 1.807) is 6.20 Å². The minimum Gasteiger partial charge on any atom is -0.480 e. The lowest BCUT2D eigenvalue weighted by molar-refractivity contribution is -0.139. The zero-order valence-corrected chi connectivity index (χ0v) is 11.0. The molecule has 1 aromatic rings. The number of aliphatic carboxylic acids is 1.